The Morgan fingerprint density at radius 1 is 1.35 bits per heavy atom. The van der Waals surface area contributed by atoms with Crippen molar-refractivity contribution in [3.05, 3.63) is 11.8 Å². The van der Waals surface area contributed by atoms with Crippen LogP contribution in [-0.4, -0.2) is 24.1 Å². The van der Waals surface area contributed by atoms with Crippen molar-refractivity contribution in [1.82, 2.24) is 4.90 Å². The summed E-state index contributed by atoms with van der Waals surface area (Å²) >= 11 is 0. The number of amides is 1. The zero-order valence-corrected chi connectivity index (χ0v) is 10.6. The van der Waals surface area contributed by atoms with Gasteiger partial charge in [-0.15, -0.1) is 0 Å². The number of halogens is 2. The van der Waals surface area contributed by atoms with E-state index in [1.807, 2.05) is 20.8 Å². The summed E-state index contributed by atoms with van der Waals surface area (Å²) in [6.07, 6.45) is -0.774. The van der Waals surface area contributed by atoms with Gasteiger partial charge in [0.15, 0.2) is 0 Å². The number of rotatable bonds is 1. The third kappa shape index (κ3) is 4.32. The van der Waals surface area contributed by atoms with E-state index in [1.54, 1.807) is 0 Å². The SMILES string of the molecule is CC(C)(C)COC(=O)N1CCCCC1=C(F)F. The molecule has 1 aliphatic rings. The number of hydrogen-bond acceptors (Lipinski definition) is 2. The second-order valence-corrected chi connectivity index (χ2v) is 5.43. The smallest absolute Gasteiger partial charge is 0.414 e. The Labute approximate surface area is 100 Å². The highest BCUT2D eigenvalue weighted by molar-refractivity contribution is 5.70. The maximum absolute atomic E-state index is 12.6. The Morgan fingerprint density at radius 3 is 2.53 bits per heavy atom. The fourth-order valence-corrected chi connectivity index (χ4v) is 1.59. The van der Waals surface area contributed by atoms with E-state index in [2.05, 4.69) is 0 Å². The molecule has 0 N–H and O–H groups in total. The van der Waals surface area contributed by atoms with Gasteiger partial charge in [-0.25, -0.2) is 4.79 Å². The number of nitrogens with zero attached hydrogens (tertiary/aromatic N) is 1. The van der Waals surface area contributed by atoms with Crippen LogP contribution in [0.25, 0.3) is 0 Å². The van der Waals surface area contributed by atoms with Crippen molar-refractivity contribution in [3.63, 3.8) is 0 Å². The van der Waals surface area contributed by atoms with Gasteiger partial charge in [0, 0.05) is 6.54 Å². The van der Waals surface area contributed by atoms with Gasteiger partial charge in [-0.05, 0) is 24.7 Å². The molecule has 0 spiro atoms. The van der Waals surface area contributed by atoms with Gasteiger partial charge in [-0.3, -0.25) is 4.90 Å². The molecule has 0 aromatic heterocycles. The van der Waals surface area contributed by atoms with E-state index >= 15 is 0 Å². The number of allylic oxidation sites excluding steroid dienone is 1. The van der Waals surface area contributed by atoms with Gasteiger partial charge in [-0.2, -0.15) is 8.78 Å². The normalized spacial score (nSPS) is 17.0. The molecule has 98 valence electrons. The Morgan fingerprint density at radius 2 is 2.00 bits per heavy atom. The van der Waals surface area contributed by atoms with Crippen molar-refractivity contribution < 1.29 is 18.3 Å². The van der Waals surface area contributed by atoms with Crippen molar-refractivity contribution in [2.24, 2.45) is 5.41 Å². The lowest BCUT2D eigenvalue weighted by atomic mass is 9.99. The van der Waals surface area contributed by atoms with Crippen molar-refractivity contribution in [2.45, 2.75) is 40.0 Å². The molecule has 3 nitrogen and oxygen atoms in total. The average molecular weight is 247 g/mol. The Balaban J connectivity index is 2.64. The minimum absolute atomic E-state index is 0.163. The summed E-state index contributed by atoms with van der Waals surface area (Å²) in [5, 5.41) is 0. The van der Waals surface area contributed by atoms with E-state index in [4.69, 9.17) is 4.74 Å². The minimum atomic E-state index is -1.78. The Hall–Kier alpha value is -1.13. The summed E-state index contributed by atoms with van der Waals surface area (Å²) < 4.78 is 30.3. The third-order valence-electron chi connectivity index (χ3n) is 2.44. The largest absolute Gasteiger partial charge is 0.449 e. The van der Waals surface area contributed by atoms with Crippen LogP contribution >= 0.6 is 0 Å². The van der Waals surface area contributed by atoms with Crippen LogP contribution in [0.3, 0.4) is 0 Å². The molecule has 0 aliphatic carbocycles. The second-order valence-electron chi connectivity index (χ2n) is 5.43. The lowest BCUT2D eigenvalue weighted by molar-refractivity contribution is 0.0745. The van der Waals surface area contributed by atoms with Crippen molar-refractivity contribution in [2.75, 3.05) is 13.2 Å². The van der Waals surface area contributed by atoms with Crippen molar-refractivity contribution in [3.8, 4) is 0 Å². The van der Waals surface area contributed by atoms with Crippen LogP contribution < -0.4 is 0 Å². The van der Waals surface area contributed by atoms with Crippen LogP contribution in [0.1, 0.15) is 40.0 Å². The highest BCUT2D eigenvalue weighted by Gasteiger charge is 2.27. The molecule has 5 heteroatoms. The van der Waals surface area contributed by atoms with E-state index in [-0.39, 0.29) is 24.1 Å². The molecule has 1 aliphatic heterocycles. The summed E-state index contributed by atoms with van der Waals surface area (Å²) in [6.45, 7) is 6.30. The first-order chi connectivity index (χ1) is 7.81. The summed E-state index contributed by atoms with van der Waals surface area (Å²) in [5.74, 6) is 0. The predicted octanol–water partition coefficient (Wildman–Crippen LogP) is 3.76. The molecule has 1 amide bonds. The quantitative estimate of drug-likeness (QED) is 0.706. The van der Waals surface area contributed by atoms with E-state index in [1.165, 1.54) is 0 Å². The van der Waals surface area contributed by atoms with Crippen LogP contribution in [0.5, 0.6) is 0 Å². The zero-order chi connectivity index (χ0) is 13.1. The lowest BCUT2D eigenvalue weighted by Crippen LogP contribution is -2.36. The summed E-state index contributed by atoms with van der Waals surface area (Å²) in [6, 6.07) is 0. The van der Waals surface area contributed by atoms with Crippen LogP contribution in [0.15, 0.2) is 11.8 Å². The monoisotopic (exact) mass is 247 g/mol. The predicted molar refractivity (Wildman–Crippen MR) is 60.6 cm³/mol. The molecular formula is C12H19F2NO2. The van der Waals surface area contributed by atoms with Crippen LogP contribution in [0.2, 0.25) is 0 Å². The average Bonchev–Trinajstić information content (AvgIpc) is 2.25. The van der Waals surface area contributed by atoms with Crippen LogP contribution in [-0.2, 0) is 4.74 Å². The van der Waals surface area contributed by atoms with Gasteiger partial charge in [-0.1, -0.05) is 20.8 Å². The van der Waals surface area contributed by atoms with E-state index in [0.717, 1.165) is 11.3 Å². The van der Waals surface area contributed by atoms with E-state index in [0.29, 0.717) is 13.0 Å². The fraction of sp³-hybridized carbons (Fsp3) is 0.750. The molecule has 17 heavy (non-hydrogen) atoms. The molecule has 0 saturated carbocycles. The molecule has 0 aromatic carbocycles. The maximum atomic E-state index is 12.6. The second kappa shape index (κ2) is 5.47. The molecule has 1 fully saturated rings. The topological polar surface area (TPSA) is 29.5 Å². The molecular weight excluding hydrogens is 228 g/mol. The molecule has 0 unspecified atom stereocenters. The molecule has 0 aromatic rings. The zero-order valence-electron chi connectivity index (χ0n) is 10.6. The number of likely N-dealkylation sites (tertiary alicyclic amines) is 1. The molecule has 0 bridgehead atoms. The summed E-state index contributed by atoms with van der Waals surface area (Å²) in [5.41, 5.74) is -0.348. The number of carbonyl (C=O) groups excluding carboxylic acids is 1. The minimum Gasteiger partial charge on any atom is -0.449 e. The number of hydrogen-bond donors (Lipinski definition) is 0. The van der Waals surface area contributed by atoms with Gasteiger partial charge >= 0.3 is 6.09 Å². The van der Waals surface area contributed by atoms with E-state index in [9.17, 15) is 13.6 Å². The molecule has 1 rings (SSSR count). The molecule has 0 radical (unpaired) electrons. The summed E-state index contributed by atoms with van der Waals surface area (Å²) in [4.78, 5) is 12.8. The molecule has 0 atom stereocenters. The van der Waals surface area contributed by atoms with Gasteiger partial charge in [0.1, 0.15) is 0 Å². The highest BCUT2D eigenvalue weighted by atomic mass is 19.3. The third-order valence-corrected chi connectivity index (χ3v) is 2.44. The Kier molecular flexibility index (Phi) is 4.48. The first kappa shape index (κ1) is 13.9. The van der Waals surface area contributed by atoms with Crippen LogP contribution in [0, 0.1) is 5.41 Å². The number of piperidine rings is 1. The molecule has 1 heterocycles. The van der Waals surface area contributed by atoms with Crippen LogP contribution in [0.4, 0.5) is 13.6 Å². The van der Waals surface area contributed by atoms with Crippen molar-refractivity contribution in [1.29, 1.82) is 0 Å². The lowest BCUT2D eigenvalue weighted by Gasteiger charge is -2.29. The molecule has 1 saturated heterocycles. The Bertz CT molecular complexity index is 317. The standard InChI is InChI=1S/C12H19F2NO2/c1-12(2,3)8-17-11(16)15-7-5-4-6-9(15)10(13)14/h4-8H2,1-3H3. The number of ether oxygens (including phenoxy) is 1. The van der Waals surface area contributed by atoms with Gasteiger partial charge in [0.25, 0.3) is 6.08 Å². The first-order valence-corrected chi connectivity index (χ1v) is 5.80. The van der Waals surface area contributed by atoms with E-state index < -0.39 is 12.2 Å². The van der Waals surface area contributed by atoms with Crippen molar-refractivity contribution >= 4 is 6.09 Å². The first-order valence-electron chi connectivity index (χ1n) is 5.80. The number of carbonyl (C=O) groups is 1. The highest BCUT2D eigenvalue weighted by Crippen LogP contribution is 2.26. The van der Waals surface area contributed by atoms with Gasteiger partial charge in [0.05, 0.1) is 12.3 Å². The fourth-order valence-electron chi connectivity index (χ4n) is 1.59. The van der Waals surface area contributed by atoms with Gasteiger partial charge < -0.3 is 4.74 Å². The summed E-state index contributed by atoms with van der Waals surface area (Å²) in [7, 11) is 0. The maximum Gasteiger partial charge on any atom is 0.414 e. The van der Waals surface area contributed by atoms with Gasteiger partial charge in [0.2, 0.25) is 0 Å².